The van der Waals surface area contributed by atoms with E-state index in [1.54, 1.807) is 12.4 Å². The summed E-state index contributed by atoms with van der Waals surface area (Å²) in [7, 11) is 2.01. The van der Waals surface area contributed by atoms with Gasteiger partial charge in [0.05, 0.1) is 22.7 Å². The minimum absolute atomic E-state index is 0.224. The third kappa shape index (κ3) is 2.80. The highest BCUT2D eigenvalue weighted by atomic mass is 15.3. The molecule has 136 valence electrons. The molecule has 5 rings (SSSR count). The Labute approximate surface area is 156 Å². The summed E-state index contributed by atoms with van der Waals surface area (Å²) in [6.07, 6.45) is 9.40. The smallest absolute Gasteiger partial charge is 0.241 e. The molecule has 1 fully saturated rings. The van der Waals surface area contributed by atoms with Gasteiger partial charge in [0.25, 0.3) is 0 Å². The van der Waals surface area contributed by atoms with Crippen LogP contribution in [-0.4, -0.2) is 43.2 Å². The van der Waals surface area contributed by atoms with Gasteiger partial charge in [-0.3, -0.25) is 9.97 Å². The molecular weight excluding hydrogens is 338 g/mol. The van der Waals surface area contributed by atoms with Crippen molar-refractivity contribution in [3.05, 3.63) is 49.1 Å². The molecule has 0 saturated heterocycles. The largest absolute Gasteiger partial charge is 0.350 e. The van der Waals surface area contributed by atoms with Crippen molar-refractivity contribution in [2.45, 2.75) is 31.3 Å². The molecule has 4 aromatic rings. The molecule has 0 aliphatic heterocycles. The van der Waals surface area contributed by atoms with Gasteiger partial charge in [0.2, 0.25) is 5.95 Å². The summed E-state index contributed by atoms with van der Waals surface area (Å²) >= 11 is 0. The molecule has 1 saturated carbocycles. The second-order valence-electron chi connectivity index (χ2n) is 7.46. The van der Waals surface area contributed by atoms with Crippen molar-refractivity contribution in [1.29, 1.82) is 0 Å². The van der Waals surface area contributed by atoms with Gasteiger partial charge in [-0.15, -0.1) is 5.10 Å². The van der Waals surface area contributed by atoms with E-state index in [0.717, 1.165) is 40.5 Å². The number of nitrogens with zero attached hydrogens (tertiary/aromatic N) is 5. The molecule has 7 nitrogen and oxygen atoms in total. The van der Waals surface area contributed by atoms with Gasteiger partial charge in [-0.1, -0.05) is 6.07 Å². The van der Waals surface area contributed by atoms with Crippen LogP contribution in [0.1, 0.15) is 19.8 Å². The molecule has 3 heterocycles. The fourth-order valence-corrected chi connectivity index (χ4v) is 3.86. The van der Waals surface area contributed by atoms with Crippen LogP contribution in [0.15, 0.2) is 49.1 Å². The predicted octanol–water partition coefficient (Wildman–Crippen LogP) is 2.89. The summed E-state index contributed by atoms with van der Waals surface area (Å²) in [5.74, 6) is 0.664. The first-order valence-corrected chi connectivity index (χ1v) is 9.15. The number of aromatic nitrogens is 5. The summed E-state index contributed by atoms with van der Waals surface area (Å²) in [6.45, 7) is 2.24. The highest BCUT2D eigenvalue weighted by Crippen LogP contribution is 2.33. The zero-order valence-electron chi connectivity index (χ0n) is 15.3. The summed E-state index contributed by atoms with van der Waals surface area (Å²) in [6, 6.07) is 8.58. The number of nitrogens with one attached hydrogen (secondary N) is 2. The van der Waals surface area contributed by atoms with Gasteiger partial charge in [-0.25, -0.2) is 9.50 Å². The Morgan fingerprint density at radius 3 is 2.70 bits per heavy atom. The van der Waals surface area contributed by atoms with Gasteiger partial charge < -0.3 is 10.6 Å². The van der Waals surface area contributed by atoms with Crippen LogP contribution < -0.4 is 10.6 Å². The Kier molecular flexibility index (Phi) is 3.58. The Hall–Kier alpha value is -3.06. The van der Waals surface area contributed by atoms with E-state index in [0.29, 0.717) is 12.0 Å². The lowest BCUT2D eigenvalue weighted by molar-refractivity contribution is 0.201. The number of hydrogen-bond acceptors (Lipinski definition) is 6. The quantitative estimate of drug-likeness (QED) is 0.583. The van der Waals surface area contributed by atoms with Crippen LogP contribution in [-0.2, 0) is 0 Å². The maximum Gasteiger partial charge on any atom is 0.241 e. The fourth-order valence-electron chi connectivity index (χ4n) is 3.86. The number of anilines is 1. The Morgan fingerprint density at radius 1 is 1.07 bits per heavy atom. The SMILES string of the molecule is CNC1(C)CC(Nc2ncc3c(-c4ccc5nccnc5c4)ccn3n2)C1. The van der Waals surface area contributed by atoms with Crippen LogP contribution in [0.4, 0.5) is 5.95 Å². The maximum absolute atomic E-state index is 4.63. The van der Waals surface area contributed by atoms with E-state index in [9.17, 15) is 0 Å². The average molecular weight is 359 g/mol. The second kappa shape index (κ2) is 5.99. The van der Waals surface area contributed by atoms with Crippen molar-refractivity contribution in [2.24, 2.45) is 0 Å². The van der Waals surface area contributed by atoms with E-state index < -0.39 is 0 Å². The zero-order chi connectivity index (χ0) is 18.4. The molecule has 0 amide bonds. The molecule has 0 bridgehead atoms. The van der Waals surface area contributed by atoms with Crippen molar-refractivity contribution in [1.82, 2.24) is 29.9 Å². The molecule has 1 aliphatic carbocycles. The first kappa shape index (κ1) is 16.1. The lowest BCUT2D eigenvalue weighted by atomic mass is 9.74. The molecule has 3 aromatic heterocycles. The van der Waals surface area contributed by atoms with Crippen molar-refractivity contribution >= 4 is 22.5 Å². The van der Waals surface area contributed by atoms with Gasteiger partial charge in [0.15, 0.2) is 0 Å². The van der Waals surface area contributed by atoms with Crippen LogP contribution in [0, 0.1) is 0 Å². The standard InChI is InChI=1S/C20H21N7/c1-20(21-2)10-14(11-20)25-19-24-12-18-15(5-8-27(18)26-19)13-3-4-16-17(9-13)23-7-6-22-16/h3-9,12,14,21H,10-11H2,1-2H3,(H,25,26). The highest BCUT2D eigenvalue weighted by molar-refractivity contribution is 5.86. The molecule has 1 aromatic carbocycles. The van der Waals surface area contributed by atoms with E-state index in [-0.39, 0.29) is 5.54 Å². The van der Waals surface area contributed by atoms with E-state index >= 15 is 0 Å². The number of hydrogen-bond donors (Lipinski definition) is 2. The third-order valence-electron chi connectivity index (χ3n) is 5.53. The first-order chi connectivity index (χ1) is 13.1. The summed E-state index contributed by atoms with van der Waals surface area (Å²) < 4.78 is 1.88. The average Bonchev–Trinajstić information content (AvgIpc) is 3.09. The van der Waals surface area contributed by atoms with Crippen LogP contribution >= 0.6 is 0 Å². The van der Waals surface area contributed by atoms with Gasteiger partial charge >= 0.3 is 0 Å². The Balaban J connectivity index is 1.43. The van der Waals surface area contributed by atoms with Crippen LogP contribution in [0.2, 0.25) is 0 Å². The fraction of sp³-hybridized carbons (Fsp3) is 0.300. The third-order valence-corrected chi connectivity index (χ3v) is 5.53. The Morgan fingerprint density at radius 2 is 1.89 bits per heavy atom. The maximum atomic E-state index is 4.63. The van der Waals surface area contributed by atoms with E-state index in [2.05, 4.69) is 55.8 Å². The number of fused-ring (bicyclic) bond motifs is 2. The lowest BCUT2D eigenvalue weighted by Gasteiger charge is -2.45. The molecule has 27 heavy (non-hydrogen) atoms. The topological polar surface area (TPSA) is 80.0 Å². The molecule has 1 aliphatic rings. The zero-order valence-corrected chi connectivity index (χ0v) is 15.3. The number of rotatable bonds is 4. The van der Waals surface area contributed by atoms with Crippen molar-refractivity contribution in [2.75, 3.05) is 12.4 Å². The summed E-state index contributed by atoms with van der Waals surface area (Å²) in [5.41, 5.74) is 5.13. The minimum atomic E-state index is 0.224. The molecule has 2 N–H and O–H groups in total. The van der Waals surface area contributed by atoms with Gasteiger partial charge in [-0.2, -0.15) is 0 Å². The molecule has 0 unspecified atom stereocenters. The van der Waals surface area contributed by atoms with E-state index in [1.165, 1.54) is 0 Å². The normalized spacial score (nSPS) is 22.1. The van der Waals surface area contributed by atoms with Crippen molar-refractivity contribution in [3.63, 3.8) is 0 Å². The molecular formula is C20H21N7. The summed E-state index contributed by atoms with van der Waals surface area (Å²) in [4.78, 5) is 13.3. The molecule has 0 spiro atoms. The predicted molar refractivity (Wildman–Crippen MR) is 106 cm³/mol. The second-order valence-corrected chi connectivity index (χ2v) is 7.46. The highest BCUT2D eigenvalue weighted by Gasteiger charge is 2.39. The van der Waals surface area contributed by atoms with Gasteiger partial charge in [-0.05, 0) is 50.6 Å². The molecule has 0 atom stereocenters. The number of benzene rings is 1. The van der Waals surface area contributed by atoms with Crippen molar-refractivity contribution in [3.8, 4) is 11.1 Å². The molecule has 7 heteroatoms. The van der Waals surface area contributed by atoms with Crippen LogP contribution in [0.3, 0.4) is 0 Å². The minimum Gasteiger partial charge on any atom is -0.350 e. The van der Waals surface area contributed by atoms with Gasteiger partial charge in [0.1, 0.15) is 0 Å². The summed E-state index contributed by atoms with van der Waals surface area (Å²) in [5, 5.41) is 11.4. The lowest BCUT2D eigenvalue weighted by Crippen LogP contribution is -2.56. The van der Waals surface area contributed by atoms with E-state index in [1.807, 2.05) is 30.0 Å². The monoisotopic (exact) mass is 359 g/mol. The van der Waals surface area contributed by atoms with Crippen LogP contribution in [0.25, 0.3) is 27.7 Å². The Bertz CT molecular complexity index is 1130. The van der Waals surface area contributed by atoms with E-state index in [4.69, 9.17) is 0 Å². The molecule has 0 radical (unpaired) electrons. The van der Waals surface area contributed by atoms with Crippen molar-refractivity contribution < 1.29 is 0 Å². The van der Waals surface area contributed by atoms with Gasteiger partial charge in [0, 0.05) is 35.7 Å². The first-order valence-electron chi connectivity index (χ1n) is 9.15. The van der Waals surface area contributed by atoms with Crippen LogP contribution in [0.5, 0.6) is 0 Å².